The molecule has 0 atom stereocenters. The van der Waals surface area contributed by atoms with E-state index in [0.717, 1.165) is 18.6 Å². The summed E-state index contributed by atoms with van der Waals surface area (Å²) in [6, 6.07) is 0. The zero-order valence-corrected chi connectivity index (χ0v) is 7.53. The third kappa shape index (κ3) is 7.53. The Bertz CT molecular complexity index is 99.7. The number of hydrogen-bond donors (Lipinski definition) is 2. The third-order valence-electron chi connectivity index (χ3n) is 1.78. The Balaban J connectivity index is 3.04. The first-order valence-electron chi connectivity index (χ1n) is 4.57. The second-order valence-electron chi connectivity index (χ2n) is 2.95. The van der Waals surface area contributed by atoms with Crippen LogP contribution in [0.15, 0.2) is 0 Å². The fourth-order valence-electron chi connectivity index (χ4n) is 1.06. The summed E-state index contributed by atoms with van der Waals surface area (Å²) in [7, 11) is 0. The molecule has 2 heteroatoms. The van der Waals surface area contributed by atoms with Gasteiger partial charge in [0.05, 0.1) is 0 Å². The van der Waals surface area contributed by atoms with Crippen molar-refractivity contribution >= 4 is 5.71 Å². The van der Waals surface area contributed by atoms with E-state index in [0.29, 0.717) is 6.54 Å². The van der Waals surface area contributed by atoms with Crippen LogP contribution in [0.25, 0.3) is 0 Å². The summed E-state index contributed by atoms with van der Waals surface area (Å²) in [5, 5.41) is 7.44. The summed E-state index contributed by atoms with van der Waals surface area (Å²) in [5.74, 6) is 0. The van der Waals surface area contributed by atoms with Gasteiger partial charge in [0, 0.05) is 5.71 Å². The van der Waals surface area contributed by atoms with Crippen molar-refractivity contribution in [2.24, 2.45) is 5.73 Å². The predicted octanol–water partition coefficient (Wildman–Crippen LogP) is 2.33. The average molecular weight is 156 g/mol. The van der Waals surface area contributed by atoms with Gasteiger partial charge in [0.25, 0.3) is 0 Å². The van der Waals surface area contributed by atoms with E-state index in [9.17, 15) is 0 Å². The second kappa shape index (κ2) is 7.73. The van der Waals surface area contributed by atoms with Crippen molar-refractivity contribution in [3.05, 3.63) is 0 Å². The molecule has 0 saturated carbocycles. The molecule has 0 aromatic rings. The molecule has 0 aliphatic heterocycles. The van der Waals surface area contributed by atoms with Crippen LogP contribution < -0.4 is 5.73 Å². The standard InChI is InChI=1S/C9H20N2/c1-2-3-4-5-6-9(11)7-8-10/h11H,2-8,10H2,1H3. The van der Waals surface area contributed by atoms with Gasteiger partial charge in [-0.3, -0.25) is 0 Å². The van der Waals surface area contributed by atoms with Gasteiger partial charge in [0.2, 0.25) is 0 Å². The molecule has 0 unspecified atom stereocenters. The number of nitrogens with one attached hydrogen (secondary N) is 1. The quantitative estimate of drug-likeness (QED) is 0.431. The zero-order chi connectivity index (χ0) is 8.53. The number of rotatable bonds is 7. The van der Waals surface area contributed by atoms with Crippen molar-refractivity contribution < 1.29 is 0 Å². The van der Waals surface area contributed by atoms with Gasteiger partial charge in [-0.1, -0.05) is 26.2 Å². The summed E-state index contributed by atoms with van der Waals surface area (Å²) < 4.78 is 0. The third-order valence-corrected chi connectivity index (χ3v) is 1.78. The highest BCUT2D eigenvalue weighted by molar-refractivity contribution is 5.81. The van der Waals surface area contributed by atoms with Crippen LogP contribution in [-0.2, 0) is 0 Å². The summed E-state index contributed by atoms with van der Waals surface area (Å²) in [4.78, 5) is 0. The number of unbranched alkanes of at least 4 members (excludes halogenated alkanes) is 3. The lowest BCUT2D eigenvalue weighted by molar-refractivity contribution is 0.678. The lowest BCUT2D eigenvalue weighted by Crippen LogP contribution is -2.06. The Morgan fingerprint density at radius 3 is 2.45 bits per heavy atom. The van der Waals surface area contributed by atoms with E-state index in [4.69, 9.17) is 11.1 Å². The molecular formula is C9H20N2. The van der Waals surface area contributed by atoms with Crippen LogP contribution in [0.2, 0.25) is 0 Å². The minimum absolute atomic E-state index is 0.632. The van der Waals surface area contributed by atoms with E-state index in [1.165, 1.54) is 25.7 Å². The van der Waals surface area contributed by atoms with Crippen molar-refractivity contribution in [2.75, 3.05) is 6.54 Å². The Kier molecular flexibility index (Phi) is 7.47. The van der Waals surface area contributed by atoms with E-state index in [-0.39, 0.29) is 0 Å². The van der Waals surface area contributed by atoms with Gasteiger partial charge >= 0.3 is 0 Å². The van der Waals surface area contributed by atoms with Crippen molar-refractivity contribution in [3.63, 3.8) is 0 Å². The number of nitrogens with two attached hydrogens (primary N) is 1. The zero-order valence-electron chi connectivity index (χ0n) is 7.53. The predicted molar refractivity (Wildman–Crippen MR) is 50.2 cm³/mol. The number of hydrogen-bond acceptors (Lipinski definition) is 2. The van der Waals surface area contributed by atoms with Gasteiger partial charge in [0.15, 0.2) is 0 Å². The molecule has 0 aromatic heterocycles. The molecule has 0 fully saturated rings. The minimum Gasteiger partial charge on any atom is -0.330 e. The van der Waals surface area contributed by atoms with Gasteiger partial charge in [-0.05, 0) is 25.8 Å². The van der Waals surface area contributed by atoms with Crippen LogP contribution in [-0.4, -0.2) is 12.3 Å². The highest BCUT2D eigenvalue weighted by Gasteiger charge is 1.94. The molecule has 0 saturated heterocycles. The molecule has 0 amide bonds. The van der Waals surface area contributed by atoms with Crippen molar-refractivity contribution in [1.29, 1.82) is 5.41 Å². The van der Waals surface area contributed by atoms with Crippen LogP contribution in [0.3, 0.4) is 0 Å². The summed E-state index contributed by atoms with van der Waals surface area (Å²) in [5.41, 5.74) is 6.14. The van der Waals surface area contributed by atoms with Gasteiger partial charge < -0.3 is 11.1 Å². The van der Waals surface area contributed by atoms with Gasteiger partial charge in [-0.15, -0.1) is 0 Å². The first-order chi connectivity index (χ1) is 5.31. The molecule has 0 aliphatic rings. The Hall–Kier alpha value is -0.370. The Labute approximate surface area is 69.7 Å². The SMILES string of the molecule is CCCCCCC(=N)CCN. The maximum atomic E-state index is 7.44. The largest absolute Gasteiger partial charge is 0.330 e. The second-order valence-corrected chi connectivity index (χ2v) is 2.95. The first-order valence-corrected chi connectivity index (χ1v) is 4.57. The van der Waals surface area contributed by atoms with Crippen molar-refractivity contribution in [3.8, 4) is 0 Å². The van der Waals surface area contributed by atoms with Gasteiger partial charge in [-0.2, -0.15) is 0 Å². The molecule has 3 N–H and O–H groups in total. The Morgan fingerprint density at radius 2 is 1.91 bits per heavy atom. The molecule has 0 aliphatic carbocycles. The molecule has 0 rings (SSSR count). The van der Waals surface area contributed by atoms with Gasteiger partial charge in [-0.25, -0.2) is 0 Å². The van der Waals surface area contributed by atoms with Crippen LogP contribution in [0.5, 0.6) is 0 Å². The van der Waals surface area contributed by atoms with E-state index in [2.05, 4.69) is 6.92 Å². The highest BCUT2D eigenvalue weighted by atomic mass is 14.5. The van der Waals surface area contributed by atoms with Crippen LogP contribution in [0.4, 0.5) is 0 Å². The minimum atomic E-state index is 0.632. The van der Waals surface area contributed by atoms with Gasteiger partial charge in [0.1, 0.15) is 0 Å². The lowest BCUT2D eigenvalue weighted by atomic mass is 10.1. The fourth-order valence-corrected chi connectivity index (χ4v) is 1.06. The first kappa shape index (κ1) is 10.6. The molecule has 0 radical (unpaired) electrons. The lowest BCUT2D eigenvalue weighted by Gasteiger charge is -2.00. The van der Waals surface area contributed by atoms with E-state index < -0.39 is 0 Å². The molecule has 0 bridgehead atoms. The molecule has 0 heterocycles. The Morgan fingerprint density at radius 1 is 1.18 bits per heavy atom. The normalized spacial score (nSPS) is 10.0. The molecule has 11 heavy (non-hydrogen) atoms. The molecule has 0 aromatic carbocycles. The van der Waals surface area contributed by atoms with E-state index in [1.807, 2.05) is 0 Å². The summed E-state index contributed by atoms with van der Waals surface area (Å²) >= 11 is 0. The summed E-state index contributed by atoms with van der Waals surface area (Å²) in [6.07, 6.45) is 6.75. The molecule has 0 spiro atoms. The molecule has 2 nitrogen and oxygen atoms in total. The fraction of sp³-hybridized carbons (Fsp3) is 0.889. The molecule has 66 valence electrons. The van der Waals surface area contributed by atoms with E-state index in [1.54, 1.807) is 0 Å². The monoisotopic (exact) mass is 156 g/mol. The summed E-state index contributed by atoms with van der Waals surface area (Å²) in [6.45, 7) is 2.83. The maximum absolute atomic E-state index is 7.44. The van der Waals surface area contributed by atoms with Crippen LogP contribution >= 0.6 is 0 Å². The molecular weight excluding hydrogens is 136 g/mol. The topological polar surface area (TPSA) is 49.9 Å². The van der Waals surface area contributed by atoms with Crippen LogP contribution in [0.1, 0.15) is 45.4 Å². The van der Waals surface area contributed by atoms with E-state index >= 15 is 0 Å². The van der Waals surface area contributed by atoms with Crippen molar-refractivity contribution in [1.82, 2.24) is 0 Å². The smallest absolute Gasteiger partial charge is 0.0102 e. The average Bonchev–Trinajstić information content (AvgIpc) is 1.99. The van der Waals surface area contributed by atoms with Crippen LogP contribution in [0, 0.1) is 5.41 Å². The highest BCUT2D eigenvalue weighted by Crippen LogP contribution is 2.03. The van der Waals surface area contributed by atoms with Crippen molar-refractivity contribution in [2.45, 2.75) is 45.4 Å². The maximum Gasteiger partial charge on any atom is 0.0102 e.